The smallest absolute Gasteiger partial charge is 0.255 e. The molecule has 0 aliphatic heterocycles. The standard InChI is InChI=1S/C23H25N3O2/c1-17(2)26(16-18-8-5-4-6-9-18)22-14-19(12-13-24-22)23(27)25-20-10-7-11-21(15-20)28-3/h4-15,17H,16H2,1-3H3,(H,25,27). The van der Waals surface area contributed by atoms with E-state index in [4.69, 9.17) is 4.74 Å². The van der Waals surface area contributed by atoms with Crippen molar-refractivity contribution < 1.29 is 9.53 Å². The van der Waals surface area contributed by atoms with Gasteiger partial charge < -0.3 is 15.0 Å². The summed E-state index contributed by atoms with van der Waals surface area (Å²) in [5.41, 5.74) is 2.45. The molecule has 1 N–H and O–H groups in total. The lowest BCUT2D eigenvalue weighted by atomic mass is 10.1. The number of benzene rings is 2. The molecule has 0 spiro atoms. The van der Waals surface area contributed by atoms with E-state index >= 15 is 0 Å². The van der Waals surface area contributed by atoms with Crippen molar-refractivity contribution in [1.29, 1.82) is 0 Å². The summed E-state index contributed by atoms with van der Waals surface area (Å²) in [6.07, 6.45) is 1.68. The van der Waals surface area contributed by atoms with Crippen molar-refractivity contribution in [2.75, 3.05) is 17.3 Å². The molecule has 2 aromatic carbocycles. The fourth-order valence-electron chi connectivity index (χ4n) is 2.93. The predicted octanol–water partition coefficient (Wildman–Crippen LogP) is 4.76. The number of ether oxygens (including phenoxy) is 1. The Balaban J connectivity index is 1.80. The van der Waals surface area contributed by atoms with Crippen molar-refractivity contribution >= 4 is 17.4 Å². The van der Waals surface area contributed by atoms with Crippen LogP contribution in [0.1, 0.15) is 29.8 Å². The van der Waals surface area contributed by atoms with Crippen LogP contribution in [0.15, 0.2) is 72.9 Å². The number of pyridine rings is 1. The van der Waals surface area contributed by atoms with Crippen molar-refractivity contribution in [1.82, 2.24) is 4.98 Å². The quantitative estimate of drug-likeness (QED) is 0.647. The van der Waals surface area contributed by atoms with Crippen LogP contribution in [0.4, 0.5) is 11.5 Å². The Labute approximate surface area is 166 Å². The molecule has 0 aliphatic carbocycles. The number of methoxy groups -OCH3 is 1. The van der Waals surface area contributed by atoms with Crippen LogP contribution in [0.25, 0.3) is 0 Å². The molecule has 0 fully saturated rings. The zero-order valence-electron chi connectivity index (χ0n) is 16.4. The van der Waals surface area contributed by atoms with E-state index in [1.165, 1.54) is 5.56 Å². The fraction of sp³-hybridized carbons (Fsp3) is 0.217. The number of hydrogen-bond donors (Lipinski definition) is 1. The van der Waals surface area contributed by atoms with Gasteiger partial charge in [-0.3, -0.25) is 4.79 Å². The molecule has 0 saturated carbocycles. The van der Waals surface area contributed by atoms with Gasteiger partial charge in [0.15, 0.2) is 0 Å². The number of aromatic nitrogens is 1. The number of nitrogens with one attached hydrogen (secondary N) is 1. The van der Waals surface area contributed by atoms with Gasteiger partial charge in [-0.1, -0.05) is 36.4 Å². The molecule has 5 heteroatoms. The number of anilines is 2. The van der Waals surface area contributed by atoms with E-state index in [9.17, 15) is 4.79 Å². The molecule has 144 valence electrons. The average Bonchev–Trinajstić information content (AvgIpc) is 2.72. The van der Waals surface area contributed by atoms with Gasteiger partial charge in [-0.25, -0.2) is 4.98 Å². The van der Waals surface area contributed by atoms with E-state index in [1.807, 2.05) is 42.5 Å². The Hall–Kier alpha value is -3.34. The number of carbonyl (C=O) groups excluding carboxylic acids is 1. The third-order valence-electron chi connectivity index (χ3n) is 4.45. The van der Waals surface area contributed by atoms with Crippen LogP contribution >= 0.6 is 0 Å². The average molecular weight is 375 g/mol. The molecule has 0 saturated heterocycles. The summed E-state index contributed by atoms with van der Waals surface area (Å²) in [7, 11) is 1.60. The van der Waals surface area contributed by atoms with Crippen molar-refractivity contribution in [3.63, 3.8) is 0 Å². The first-order valence-electron chi connectivity index (χ1n) is 9.29. The highest BCUT2D eigenvalue weighted by Gasteiger charge is 2.15. The van der Waals surface area contributed by atoms with Gasteiger partial charge in [0.05, 0.1) is 7.11 Å². The van der Waals surface area contributed by atoms with Crippen molar-refractivity contribution in [2.24, 2.45) is 0 Å². The van der Waals surface area contributed by atoms with E-state index in [0.29, 0.717) is 17.0 Å². The minimum absolute atomic E-state index is 0.180. The van der Waals surface area contributed by atoms with Crippen molar-refractivity contribution in [3.8, 4) is 5.75 Å². The normalized spacial score (nSPS) is 10.6. The topological polar surface area (TPSA) is 54.5 Å². The second-order valence-electron chi connectivity index (χ2n) is 6.80. The lowest BCUT2D eigenvalue weighted by Gasteiger charge is -2.28. The van der Waals surface area contributed by atoms with Crippen LogP contribution in [0, 0.1) is 0 Å². The van der Waals surface area contributed by atoms with E-state index in [1.54, 1.807) is 25.4 Å². The molecule has 5 nitrogen and oxygen atoms in total. The minimum Gasteiger partial charge on any atom is -0.497 e. The van der Waals surface area contributed by atoms with Gasteiger partial charge in [0.2, 0.25) is 0 Å². The van der Waals surface area contributed by atoms with Gasteiger partial charge in [-0.2, -0.15) is 0 Å². The molecule has 0 radical (unpaired) electrons. The summed E-state index contributed by atoms with van der Waals surface area (Å²) in [4.78, 5) is 19.4. The summed E-state index contributed by atoms with van der Waals surface area (Å²) in [6.45, 7) is 4.97. The Morgan fingerprint density at radius 1 is 1.07 bits per heavy atom. The first-order chi connectivity index (χ1) is 13.6. The second kappa shape index (κ2) is 9.04. The maximum atomic E-state index is 12.7. The van der Waals surface area contributed by atoms with Gasteiger partial charge >= 0.3 is 0 Å². The molecule has 28 heavy (non-hydrogen) atoms. The monoisotopic (exact) mass is 375 g/mol. The third kappa shape index (κ3) is 4.88. The first kappa shape index (κ1) is 19.4. The lowest BCUT2D eigenvalue weighted by molar-refractivity contribution is 0.102. The van der Waals surface area contributed by atoms with Gasteiger partial charge in [-0.05, 0) is 43.7 Å². The molecule has 3 aromatic rings. The highest BCUT2D eigenvalue weighted by atomic mass is 16.5. The number of nitrogens with zero attached hydrogens (tertiary/aromatic N) is 2. The zero-order chi connectivity index (χ0) is 19.9. The van der Waals surface area contributed by atoms with Crippen LogP contribution in [-0.4, -0.2) is 24.0 Å². The maximum Gasteiger partial charge on any atom is 0.255 e. The van der Waals surface area contributed by atoms with Gasteiger partial charge in [0, 0.05) is 36.1 Å². The summed E-state index contributed by atoms with van der Waals surface area (Å²) in [5.74, 6) is 1.29. The van der Waals surface area contributed by atoms with Gasteiger partial charge in [-0.15, -0.1) is 0 Å². The highest BCUT2D eigenvalue weighted by Crippen LogP contribution is 2.21. The summed E-state index contributed by atoms with van der Waals surface area (Å²) in [6, 6.07) is 21.3. The highest BCUT2D eigenvalue weighted by molar-refractivity contribution is 6.04. The maximum absolute atomic E-state index is 12.7. The number of carbonyl (C=O) groups is 1. The Bertz CT molecular complexity index is 926. The molecule has 1 aromatic heterocycles. The van der Waals surface area contributed by atoms with Crippen LogP contribution in [0.2, 0.25) is 0 Å². The molecule has 0 unspecified atom stereocenters. The first-order valence-corrected chi connectivity index (χ1v) is 9.29. The van der Waals surface area contributed by atoms with Crippen molar-refractivity contribution in [2.45, 2.75) is 26.4 Å². The van der Waals surface area contributed by atoms with Crippen LogP contribution in [0.3, 0.4) is 0 Å². The lowest BCUT2D eigenvalue weighted by Crippen LogP contribution is -2.31. The zero-order valence-corrected chi connectivity index (χ0v) is 16.4. The van der Waals surface area contributed by atoms with Crippen LogP contribution in [-0.2, 0) is 6.54 Å². The van der Waals surface area contributed by atoms with E-state index in [2.05, 4.69) is 41.2 Å². The summed E-state index contributed by atoms with van der Waals surface area (Å²) in [5, 5.41) is 2.91. The molecule has 3 rings (SSSR count). The number of rotatable bonds is 7. The largest absolute Gasteiger partial charge is 0.497 e. The fourth-order valence-corrected chi connectivity index (χ4v) is 2.93. The van der Waals surface area contributed by atoms with Gasteiger partial charge in [0.1, 0.15) is 11.6 Å². The summed E-state index contributed by atoms with van der Waals surface area (Å²) >= 11 is 0. The summed E-state index contributed by atoms with van der Waals surface area (Å²) < 4.78 is 5.21. The van der Waals surface area contributed by atoms with Gasteiger partial charge in [0.25, 0.3) is 5.91 Å². The predicted molar refractivity (Wildman–Crippen MR) is 113 cm³/mol. The SMILES string of the molecule is COc1cccc(NC(=O)c2ccnc(N(Cc3ccccc3)C(C)C)c2)c1. The molecule has 0 aliphatic rings. The molecule has 1 heterocycles. The Morgan fingerprint density at radius 3 is 2.57 bits per heavy atom. The van der Waals surface area contributed by atoms with Crippen molar-refractivity contribution in [3.05, 3.63) is 84.1 Å². The minimum atomic E-state index is -0.180. The van der Waals surface area contributed by atoms with E-state index in [0.717, 1.165) is 12.4 Å². The van der Waals surface area contributed by atoms with Crippen LogP contribution in [0.5, 0.6) is 5.75 Å². The Morgan fingerprint density at radius 2 is 1.86 bits per heavy atom. The molecule has 0 bridgehead atoms. The second-order valence-corrected chi connectivity index (χ2v) is 6.80. The molecular formula is C23H25N3O2. The third-order valence-corrected chi connectivity index (χ3v) is 4.45. The Kier molecular flexibility index (Phi) is 6.27. The van der Waals surface area contributed by atoms with E-state index < -0.39 is 0 Å². The molecule has 1 amide bonds. The molecular weight excluding hydrogens is 350 g/mol. The molecule has 0 atom stereocenters. The number of hydrogen-bond acceptors (Lipinski definition) is 4. The van der Waals surface area contributed by atoms with Crippen LogP contribution < -0.4 is 15.0 Å². The number of amides is 1. The van der Waals surface area contributed by atoms with E-state index in [-0.39, 0.29) is 11.9 Å².